The van der Waals surface area contributed by atoms with Gasteiger partial charge < -0.3 is 9.73 Å². The topological polar surface area (TPSA) is 25.2 Å². The predicted octanol–water partition coefficient (Wildman–Crippen LogP) is 5.30. The molecule has 2 aromatic rings. The van der Waals surface area contributed by atoms with Crippen LogP contribution in [0.5, 0.6) is 0 Å². The van der Waals surface area contributed by atoms with Crippen LogP contribution in [0.3, 0.4) is 0 Å². The molecule has 20 heavy (non-hydrogen) atoms. The fourth-order valence-corrected chi connectivity index (χ4v) is 2.75. The first-order chi connectivity index (χ1) is 9.78. The monoisotopic (exact) mass is 273 g/mol. The fraction of sp³-hybridized carbons (Fsp3) is 0.556. The van der Waals surface area contributed by atoms with Gasteiger partial charge in [0.1, 0.15) is 11.3 Å². The van der Waals surface area contributed by atoms with E-state index in [1.54, 1.807) is 0 Å². The van der Waals surface area contributed by atoms with Gasteiger partial charge in [-0.05, 0) is 37.4 Å². The molecular formula is C18H27NO. The van der Waals surface area contributed by atoms with Crippen molar-refractivity contribution in [1.29, 1.82) is 0 Å². The van der Waals surface area contributed by atoms with E-state index in [0.717, 1.165) is 36.6 Å². The van der Waals surface area contributed by atoms with Crippen LogP contribution < -0.4 is 5.32 Å². The van der Waals surface area contributed by atoms with Gasteiger partial charge in [0, 0.05) is 5.39 Å². The van der Waals surface area contributed by atoms with Crippen molar-refractivity contribution in [1.82, 2.24) is 5.32 Å². The molecular weight excluding hydrogens is 246 g/mol. The van der Waals surface area contributed by atoms with Crippen LogP contribution in [0.4, 0.5) is 0 Å². The molecule has 0 aliphatic rings. The summed E-state index contributed by atoms with van der Waals surface area (Å²) < 4.78 is 6.05. The van der Waals surface area contributed by atoms with Gasteiger partial charge in [-0.3, -0.25) is 0 Å². The van der Waals surface area contributed by atoms with E-state index in [0.29, 0.717) is 6.04 Å². The van der Waals surface area contributed by atoms with Crippen LogP contribution in [-0.4, -0.2) is 6.54 Å². The first-order valence-electron chi connectivity index (χ1n) is 8.00. The first-order valence-corrected chi connectivity index (χ1v) is 8.00. The highest BCUT2D eigenvalue weighted by atomic mass is 16.3. The standard InChI is InChI=1S/C18H27NO/c1-4-11-19-16(12-14(5-2)6-3)18-13-15-9-7-8-10-17(15)20-18/h7-10,13-14,16,19H,4-6,11-12H2,1-3H3. The number of para-hydroxylation sites is 1. The second-order valence-electron chi connectivity index (χ2n) is 5.61. The lowest BCUT2D eigenvalue weighted by Crippen LogP contribution is -2.24. The zero-order valence-corrected chi connectivity index (χ0v) is 13.0. The molecule has 1 N–H and O–H groups in total. The zero-order valence-electron chi connectivity index (χ0n) is 13.0. The molecule has 1 unspecified atom stereocenters. The minimum Gasteiger partial charge on any atom is -0.459 e. The van der Waals surface area contributed by atoms with E-state index < -0.39 is 0 Å². The lowest BCUT2D eigenvalue weighted by atomic mass is 9.93. The number of fused-ring (bicyclic) bond motifs is 1. The summed E-state index contributed by atoms with van der Waals surface area (Å²) in [5.41, 5.74) is 0.996. The molecule has 0 radical (unpaired) electrons. The summed E-state index contributed by atoms with van der Waals surface area (Å²) in [6.07, 6.45) is 4.79. The lowest BCUT2D eigenvalue weighted by molar-refractivity contribution is 0.335. The number of hydrogen-bond donors (Lipinski definition) is 1. The highest BCUT2D eigenvalue weighted by molar-refractivity contribution is 5.77. The molecule has 1 aromatic carbocycles. The van der Waals surface area contributed by atoms with Crippen molar-refractivity contribution in [3.63, 3.8) is 0 Å². The largest absolute Gasteiger partial charge is 0.459 e. The van der Waals surface area contributed by atoms with Crippen LogP contribution in [0.1, 0.15) is 58.3 Å². The highest BCUT2D eigenvalue weighted by Crippen LogP contribution is 2.29. The van der Waals surface area contributed by atoms with Gasteiger partial charge in [0.25, 0.3) is 0 Å². The fourth-order valence-electron chi connectivity index (χ4n) is 2.75. The number of benzene rings is 1. The Balaban J connectivity index is 2.19. The molecule has 0 amide bonds. The van der Waals surface area contributed by atoms with Gasteiger partial charge in [-0.15, -0.1) is 0 Å². The summed E-state index contributed by atoms with van der Waals surface area (Å²) in [6.45, 7) is 7.81. The summed E-state index contributed by atoms with van der Waals surface area (Å²) in [7, 11) is 0. The quantitative estimate of drug-likeness (QED) is 0.706. The van der Waals surface area contributed by atoms with E-state index in [2.05, 4.69) is 44.3 Å². The summed E-state index contributed by atoms with van der Waals surface area (Å²) in [6, 6.07) is 10.8. The summed E-state index contributed by atoms with van der Waals surface area (Å²) >= 11 is 0. The van der Waals surface area contributed by atoms with Crippen LogP contribution in [0, 0.1) is 5.92 Å². The Kier molecular flexibility index (Phi) is 5.66. The average Bonchev–Trinajstić information content (AvgIpc) is 2.91. The Morgan fingerprint density at radius 3 is 2.50 bits per heavy atom. The van der Waals surface area contributed by atoms with Gasteiger partial charge in [-0.2, -0.15) is 0 Å². The van der Waals surface area contributed by atoms with E-state index in [9.17, 15) is 0 Å². The van der Waals surface area contributed by atoms with Crippen LogP contribution in [-0.2, 0) is 0 Å². The van der Waals surface area contributed by atoms with Gasteiger partial charge >= 0.3 is 0 Å². The summed E-state index contributed by atoms with van der Waals surface area (Å²) in [5, 5.41) is 4.86. The van der Waals surface area contributed by atoms with Gasteiger partial charge in [0.15, 0.2) is 0 Å². The van der Waals surface area contributed by atoms with Crippen LogP contribution in [0.2, 0.25) is 0 Å². The molecule has 0 aliphatic heterocycles. The number of furan rings is 1. The van der Waals surface area contributed by atoms with Crippen LogP contribution in [0.25, 0.3) is 11.0 Å². The molecule has 0 aliphatic carbocycles. The molecule has 0 fully saturated rings. The van der Waals surface area contributed by atoms with E-state index in [-0.39, 0.29) is 0 Å². The minimum atomic E-state index is 0.340. The third-order valence-corrected chi connectivity index (χ3v) is 4.15. The number of nitrogens with one attached hydrogen (secondary N) is 1. The SMILES string of the molecule is CCCNC(CC(CC)CC)c1cc2ccccc2o1. The molecule has 1 heterocycles. The van der Waals surface area contributed by atoms with Crippen molar-refractivity contribution in [2.45, 2.75) is 52.5 Å². The Morgan fingerprint density at radius 2 is 1.85 bits per heavy atom. The molecule has 0 saturated heterocycles. The van der Waals surface area contributed by atoms with Crippen molar-refractivity contribution >= 4 is 11.0 Å². The van der Waals surface area contributed by atoms with Crippen molar-refractivity contribution < 1.29 is 4.42 Å². The highest BCUT2D eigenvalue weighted by Gasteiger charge is 2.19. The predicted molar refractivity (Wildman–Crippen MR) is 85.9 cm³/mol. The van der Waals surface area contributed by atoms with E-state index in [4.69, 9.17) is 4.42 Å². The summed E-state index contributed by atoms with van der Waals surface area (Å²) in [5.74, 6) is 1.85. The van der Waals surface area contributed by atoms with Gasteiger partial charge in [-0.1, -0.05) is 51.8 Å². The van der Waals surface area contributed by atoms with E-state index >= 15 is 0 Å². The zero-order chi connectivity index (χ0) is 14.4. The molecule has 2 heteroatoms. The third-order valence-electron chi connectivity index (χ3n) is 4.15. The van der Waals surface area contributed by atoms with Crippen molar-refractivity contribution in [3.8, 4) is 0 Å². The third kappa shape index (κ3) is 3.63. The second-order valence-corrected chi connectivity index (χ2v) is 5.61. The van der Waals surface area contributed by atoms with Crippen molar-refractivity contribution in [3.05, 3.63) is 36.1 Å². The van der Waals surface area contributed by atoms with Gasteiger partial charge in [-0.25, -0.2) is 0 Å². The van der Waals surface area contributed by atoms with Gasteiger partial charge in [0.05, 0.1) is 6.04 Å². The molecule has 2 nitrogen and oxygen atoms in total. The molecule has 0 saturated carbocycles. The number of rotatable bonds is 8. The Labute approximate surface area is 122 Å². The molecule has 2 rings (SSSR count). The molecule has 0 spiro atoms. The van der Waals surface area contributed by atoms with Crippen LogP contribution in [0.15, 0.2) is 34.7 Å². The Hall–Kier alpha value is -1.28. The maximum absolute atomic E-state index is 6.05. The van der Waals surface area contributed by atoms with Crippen LogP contribution >= 0.6 is 0 Å². The normalized spacial score (nSPS) is 13.2. The van der Waals surface area contributed by atoms with E-state index in [1.807, 2.05) is 12.1 Å². The first kappa shape index (κ1) is 15.1. The Morgan fingerprint density at radius 1 is 1.10 bits per heavy atom. The molecule has 1 aromatic heterocycles. The van der Waals surface area contributed by atoms with E-state index in [1.165, 1.54) is 18.2 Å². The smallest absolute Gasteiger partial charge is 0.134 e. The lowest BCUT2D eigenvalue weighted by Gasteiger charge is -2.21. The average molecular weight is 273 g/mol. The maximum Gasteiger partial charge on any atom is 0.134 e. The van der Waals surface area contributed by atoms with Crippen molar-refractivity contribution in [2.75, 3.05) is 6.54 Å². The minimum absolute atomic E-state index is 0.340. The Bertz CT molecular complexity index is 480. The van der Waals surface area contributed by atoms with Gasteiger partial charge in [0.2, 0.25) is 0 Å². The maximum atomic E-state index is 6.05. The molecule has 1 atom stereocenters. The van der Waals surface area contributed by atoms with Crippen molar-refractivity contribution in [2.24, 2.45) is 5.92 Å². The number of hydrogen-bond acceptors (Lipinski definition) is 2. The molecule has 0 bridgehead atoms. The summed E-state index contributed by atoms with van der Waals surface area (Å²) in [4.78, 5) is 0. The second kappa shape index (κ2) is 7.49. The molecule has 110 valence electrons.